The van der Waals surface area contributed by atoms with Crippen LogP contribution in [0.1, 0.15) is 59.6 Å². The third-order valence-corrected chi connectivity index (χ3v) is 6.60. The molecule has 3 aromatic carbocycles. The first kappa shape index (κ1) is 24.0. The zero-order valence-electron chi connectivity index (χ0n) is 21.0. The Morgan fingerprint density at radius 1 is 0.946 bits per heavy atom. The number of hydrogen-bond acceptors (Lipinski definition) is 5. The minimum absolute atomic E-state index is 0.205. The first-order valence-corrected chi connectivity index (χ1v) is 11.8. The fraction of sp³-hybridized carbons (Fsp3) is 0.172. The average molecular weight is 495 g/mol. The fourth-order valence-corrected chi connectivity index (χ4v) is 4.52. The minimum atomic E-state index is -0.546. The average Bonchev–Trinajstić information content (AvgIpc) is 3.44. The van der Waals surface area contributed by atoms with Crippen molar-refractivity contribution in [3.63, 3.8) is 0 Å². The van der Waals surface area contributed by atoms with Crippen LogP contribution in [0.25, 0.3) is 0 Å². The molecule has 1 atom stereocenters. The molecule has 8 nitrogen and oxygen atoms in total. The van der Waals surface area contributed by atoms with Crippen LogP contribution in [-0.2, 0) is 7.05 Å². The molecule has 0 saturated carbocycles. The van der Waals surface area contributed by atoms with Gasteiger partial charge in [0, 0.05) is 25.0 Å². The number of aromatic nitrogens is 2. The molecule has 0 saturated heterocycles. The van der Waals surface area contributed by atoms with Crippen molar-refractivity contribution < 1.29 is 19.1 Å². The van der Waals surface area contributed by atoms with Crippen molar-refractivity contribution in [1.82, 2.24) is 14.9 Å². The number of rotatable bonds is 6. The Kier molecular flexibility index (Phi) is 6.09. The van der Waals surface area contributed by atoms with E-state index in [1.54, 1.807) is 31.6 Å². The summed E-state index contributed by atoms with van der Waals surface area (Å²) in [5.41, 5.74) is 3.88. The maximum Gasteiger partial charge on any atom is 0.266 e. The SMILES string of the molecule is COc1ccc(C(NC(=O)c2ccc3c(c2)C(=O)N(c2cc(C)ccc2C)C3=O)c2nccn2C)cc1. The smallest absolute Gasteiger partial charge is 0.266 e. The van der Waals surface area contributed by atoms with Crippen molar-refractivity contribution in [3.05, 3.63) is 112 Å². The molecule has 0 aliphatic carbocycles. The zero-order valence-corrected chi connectivity index (χ0v) is 21.0. The molecule has 2 heterocycles. The van der Waals surface area contributed by atoms with E-state index in [0.717, 1.165) is 16.7 Å². The predicted octanol–water partition coefficient (Wildman–Crippen LogP) is 4.37. The largest absolute Gasteiger partial charge is 0.497 e. The van der Waals surface area contributed by atoms with E-state index < -0.39 is 23.8 Å². The van der Waals surface area contributed by atoms with Crippen molar-refractivity contribution >= 4 is 23.4 Å². The van der Waals surface area contributed by atoms with Crippen LogP contribution in [0.2, 0.25) is 0 Å². The molecule has 5 rings (SSSR count). The van der Waals surface area contributed by atoms with E-state index >= 15 is 0 Å². The standard InChI is InChI=1S/C29H26N4O4/c1-17-5-6-18(2)24(15-17)33-28(35)22-12-9-20(16-23(22)29(33)36)27(34)31-25(26-30-13-14-32(26)3)19-7-10-21(37-4)11-8-19/h5-16,25H,1-4H3,(H,31,34). The molecule has 8 heteroatoms. The summed E-state index contributed by atoms with van der Waals surface area (Å²) in [4.78, 5) is 45.5. The third-order valence-electron chi connectivity index (χ3n) is 6.60. The second-order valence-electron chi connectivity index (χ2n) is 9.07. The topological polar surface area (TPSA) is 93.5 Å². The first-order chi connectivity index (χ1) is 17.8. The summed E-state index contributed by atoms with van der Waals surface area (Å²) < 4.78 is 7.09. The van der Waals surface area contributed by atoms with Crippen molar-refractivity contribution in [1.29, 1.82) is 0 Å². The van der Waals surface area contributed by atoms with Gasteiger partial charge in [0.1, 0.15) is 17.6 Å². The molecule has 1 aromatic heterocycles. The molecule has 37 heavy (non-hydrogen) atoms. The maximum absolute atomic E-state index is 13.4. The lowest BCUT2D eigenvalue weighted by molar-refractivity contribution is 0.0922. The fourth-order valence-electron chi connectivity index (χ4n) is 4.52. The molecule has 4 aromatic rings. The Morgan fingerprint density at radius 2 is 1.68 bits per heavy atom. The molecular weight excluding hydrogens is 468 g/mol. The monoisotopic (exact) mass is 494 g/mol. The van der Waals surface area contributed by atoms with Crippen LogP contribution in [0.4, 0.5) is 5.69 Å². The summed E-state index contributed by atoms with van der Waals surface area (Å²) in [5.74, 6) is 0.108. The van der Waals surface area contributed by atoms with Crippen LogP contribution in [0.3, 0.4) is 0 Å². The van der Waals surface area contributed by atoms with Gasteiger partial charge < -0.3 is 14.6 Å². The number of nitrogens with one attached hydrogen (secondary N) is 1. The number of aryl methyl sites for hydroxylation is 3. The van der Waals surface area contributed by atoms with Gasteiger partial charge in [-0.1, -0.05) is 24.3 Å². The number of hydrogen-bond donors (Lipinski definition) is 1. The van der Waals surface area contributed by atoms with Crippen LogP contribution < -0.4 is 15.0 Å². The van der Waals surface area contributed by atoms with Crippen LogP contribution >= 0.6 is 0 Å². The number of amides is 3. The van der Waals surface area contributed by atoms with Gasteiger partial charge in [-0.25, -0.2) is 9.88 Å². The normalized spacial score (nSPS) is 13.5. The van der Waals surface area contributed by atoms with Crippen LogP contribution in [0.15, 0.2) is 73.1 Å². The van der Waals surface area contributed by atoms with Gasteiger partial charge >= 0.3 is 0 Å². The number of methoxy groups -OCH3 is 1. The molecule has 3 amide bonds. The molecule has 1 aliphatic heterocycles. The van der Waals surface area contributed by atoms with E-state index in [1.807, 2.05) is 67.9 Å². The van der Waals surface area contributed by atoms with E-state index in [9.17, 15) is 14.4 Å². The molecular formula is C29H26N4O4. The Balaban J connectivity index is 1.46. The van der Waals surface area contributed by atoms with Gasteiger partial charge in [0.15, 0.2) is 0 Å². The first-order valence-electron chi connectivity index (χ1n) is 11.8. The van der Waals surface area contributed by atoms with Crippen molar-refractivity contribution in [3.8, 4) is 5.75 Å². The van der Waals surface area contributed by atoms with Crippen molar-refractivity contribution in [2.75, 3.05) is 12.0 Å². The number of imide groups is 1. The maximum atomic E-state index is 13.4. The van der Waals surface area contributed by atoms with Gasteiger partial charge in [0.2, 0.25) is 0 Å². The lowest BCUT2D eigenvalue weighted by Gasteiger charge is -2.19. The number of benzene rings is 3. The molecule has 1 unspecified atom stereocenters. The van der Waals surface area contributed by atoms with Gasteiger partial charge in [0.25, 0.3) is 17.7 Å². The lowest BCUT2D eigenvalue weighted by Crippen LogP contribution is -2.31. The molecule has 1 aliphatic rings. The predicted molar refractivity (Wildman–Crippen MR) is 139 cm³/mol. The molecule has 0 radical (unpaired) electrons. The Morgan fingerprint density at radius 3 is 2.35 bits per heavy atom. The minimum Gasteiger partial charge on any atom is -0.497 e. The van der Waals surface area contributed by atoms with Crippen molar-refractivity contribution in [2.45, 2.75) is 19.9 Å². The quantitative estimate of drug-likeness (QED) is 0.402. The number of carbonyl (C=O) groups is 3. The van der Waals surface area contributed by atoms with Crippen molar-refractivity contribution in [2.24, 2.45) is 7.05 Å². The summed E-state index contributed by atoms with van der Waals surface area (Å²) in [7, 11) is 3.45. The Labute approximate surface area is 214 Å². The van der Waals surface area contributed by atoms with E-state index in [1.165, 1.54) is 11.0 Å². The highest BCUT2D eigenvalue weighted by atomic mass is 16.5. The molecule has 0 fully saturated rings. The van der Waals surface area contributed by atoms with Crippen LogP contribution in [0, 0.1) is 13.8 Å². The lowest BCUT2D eigenvalue weighted by atomic mass is 10.0. The molecule has 0 spiro atoms. The summed E-state index contributed by atoms with van der Waals surface area (Å²) in [6, 6.07) is 17.0. The van der Waals surface area contributed by atoms with Gasteiger partial charge in [-0.3, -0.25) is 14.4 Å². The van der Waals surface area contributed by atoms with E-state index in [4.69, 9.17) is 4.74 Å². The Bertz CT molecular complexity index is 1540. The number of nitrogens with zero attached hydrogens (tertiary/aromatic N) is 3. The second-order valence-corrected chi connectivity index (χ2v) is 9.07. The summed E-state index contributed by atoms with van der Waals surface area (Å²) in [6.45, 7) is 3.76. The van der Waals surface area contributed by atoms with E-state index in [-0.39, 0.29) is 16.7 Å². The van der Waals surface area contributed by atoms with Crippen LogP contribution in [0.5, 0.6) is 5.75 Å². The summed E-state index contributed by atoms with van der Waals surface area (Å²) in [6.07, 6.45) is 3.47. The molecule has 0 bridgehead atoms. The summed E-state index contributed by atoms with van der Waals surface area (Å²) >= 11 is 0. The number of ether oxygens (including phenoxy) is 1. The number of carbonyl (C=O) groups excluding carboxylic acids is 3. The van der Waals surface area contributed by atoms with Gasteiger partial charge in [-0.2, -0.15) is 0 Å². The highest BCUT2D eigenvalue weighted by molar-refractivity contribution is 6.35. The number of imidazole rings is 1. The molecule has 1 N–H and O–H groups in total. The van der Waals surface area contributed by atoms with Crippen LogP contribution in [-0.4, -0.2) is 34.4 Å². The summed E-state index contributed by atoms with van der Waals surface area (Å²) in [5, 5.41) is 3.03. The highest BCUT2D eigenvalue weighted by Crippen LogP contribution is 2.32. The number of anilines is 1. The van der Waals surface area contributed by atoms with E-state index in [0.29, 0.717) is 17.3 Å². The van der Waals surface area contributed by atoms with Gasteiger partial charge in [-0.05, 0) is 66.9 Å². The second kappa shape index (κ2) is 9.39. The van der Waals surface area contributed by atoms with Gasteiger partial charge in [0.05, 0.1) is 23.9 Å². The zero-order chi connectivity index (χ0) is 26.3. The number of fused-ring (bicyclic) bond motifs is 1. The van der Waals surface area contributed by atoms with E-state index in [2.05, 4.69) is 10.3 Å². The Hall–Kier alpha value is -4.72. The highest BCUT2D eigenvalue weighted by Gasteiger charge is 2.38. The molecule has 186 valence electrons. The van der Waals surface area contributed by atoms with Gasteiger partial charge in [-0.15, -0.1) is 0 Å². The third kappa shape index (κ3) is 4.27.